The fourth-order valence-electron chi connectivity index (χ4n) is 4.07. The van der Waals surface area contributed by atoms with E-state index in [4.69, 9.17) is 29.2 Å². The molecule has 7 nitrogen and oxygen atoms in total. The van der Waals surface area contributed by atoms with Gasteiger partial charge >= 0.3 is 5.97 Å². The third-order valence-electron chi connectivity index (χ3n) is 5.44. The van der Waals surface area contributed by atoms with E-state index in [-0.39, 0.29) is 6.61 Å². The Morgan fingerprint density at radius 3 is 2.47 bits per heavy atom. The molecule has 162 valence electrons. The molecule has 1 heterocycles. The number of fused-ring (bicyclic) bond motifs is 2. The molecule has 0 radical (unpaired) electrons. The summed E-state index contributed by atoms with van der Waals surface area (Å²) in [6.45, 7) is -0.293. The smallest absolute Gasteiger partial charge is 0.340 e. The fourth-order valence-corrected chi connectivity index (χ4v) is 4.07. The maximum atomic E-state index is 12.8. The predicted molar refractivity (Wildman–Crippen MR) is 120 cm³/mol. The molecule has 0 fully saturated rings. The molecule has 0 unspecified atom stereocenters. The minimum Gasteiger partial charge on any atom is -0.493 e. The van der Waals surface area contributed by atoms with Crippen molar-refractivity contribution in [1.82, 2.24) is 4.98 Å². The number of carbonyl (C=O) groups is 1. The fraction of sp³-hybridized carbons (Fsp3) is 0.240. The van der Waals surface area contributed by atoms with Gasteiger partial charge in [0.05, 0.1) is 38.1 Å². The molecule has 0 saturated heterocycles. The van der Waals surface area contributed by atoms with Crippen molar-refractivity contribution in [2.24, 2.45) is 0 Å². The number of nitriles is 1. The van der Waals surface area contributed by atoms with E-state index in [1.54, 1.807) is 21.3 Å². The Morgan fingerprint density at radius 1 is 1.09 bits per heavy atom. The SMILES string of the molecule is COc1cc(/C=C2\CCc3c2nc2ccccc2c3C(=O)OCC#N)cc(OC)c1OC. The first kappa shape index (κ1) is 21.2. The summed E-state index contributed by atoms with van der Waals surface area (Å²) >= 11 is 0. The van der Waals surface area contributed by atoms with Crippen molar-refractivity contribution in [2.75, 3.05) is 27.9 Å². The number of ether oxygens (including phenoxy) is 4. The molecular formula is C25H22N2O5. The van der Waals surface area contributed by atoms with Gasteiger partial charge in [0.15, 0.2) is 18.1 Å². The molecule has 0 saturated carbocycles. The topological polar surface area (TPSA) is 90.7 Å². The molecule has 32 heavy (non-hydrogen) atoms. The van der Waals surface area contributed by atoms with Crippen LogP contribution in [0.25, 0.3) is 22.6 Å². The second-order valence-electron chi connectivity index (χ2n) is 7.19. The number of nitrogens with zero attached hydrogens (tertiary/aromatic N) is 2. The van der Waals surface area contributed by atoms with E-state index in [2.05, 4.69) is 0 Å². The largest absolute Gasteiger partial charge is 0.493 e. The van der Waals surface area contributed by atoms with Gasteiger partial charge in [0, 0.05) is 5.39 Å². The monoisotopic (exact) mass is 430 g/mol. The van der Waals surface area contributed by atoms with Crippen LogP contribution in [0, 0.1) is 11.3 Å². The zero-order valence-electron chi connectivity index (χ0n) is 18.1. The van der Waals surface area contributed by atoms with Crippen LogP contribution in [0.4, 0.5) is 0 Å². The number of pyridine rings is 1. The molecule has 0 aliphatic heterocycles. The highest BCUT2D eigenvalue weighted by Crippen LogP contribution is 2.41. The van der Waals surface area contributed by atoms with Crippen LogP contribution in [0.5, 0.6) is 17.2 Å². The molecule has 0 amide bonds. The van der Waals surface area contributed by atoms with Crippen molar-refractivity contribution in [3.8, 4) is 23.3 Å². The normalized spacial score (nSPS) is 13.5. The number of allylic oxidation sites excluding steroid dienone is 1. The van der Waals surface area contributed by atoms with Crippen LogP contribution in [0.15, 0.2) is 36.4 Å². The van der Waals surface area contributed by atoms with Crippen LogP contribution in [0.1, 0.15) is 33.6 Å². The Morgan fingerprint density at radius 2 is 1.81 bits per heavy atom. The lowest BCUT2D eigenvalue weighted by molar-refractivity contribution is 0.0556. The molecule has 1 aliphatic rings. The second kappa shape index (κ2) is 8.98. The summed E-state index contributed by atoms with van der Waals surface area (Å²) < 4.78 is 21.5. The van der Waals surface area contributed by atoms with Gasteiger partial charge in [-0.05, 0) is 53.8 Å². The number of rotatable bonds is 6. The predicted octanol–water partition coefficient (Wildman–Crippen LogP) is 4.43. The molecule has 1 aromatic heterocycles. The van der Waals surface area contributed by atoms with E-state index in [1.165, 1.54) is 0 Å². The summed E-state index contributed by atoms with van der Waals surface area (Å²) in [6, 6.07) is 13.1. The standard InChI is InChI=1S/C25H22N2O5/c1-29-20-13-15(14-21(30-2)24(20)31-3)12-16-8-9-18-22(25(28)32-11-10-26)17-6-4-5-7-19(17)27-23(16)18/h4-7,12-14H,8-9,11H2,1-3H3/b16-12+. The summed E-state index contributed by atoms with van der Waals surface area (Å²) in [5, 5.41) is 9.54. The lowest BCUT2D eigenvalue weighted by atomic mass is 10.0. The van der Waals surface area contributed by atoms with E-state index < -0.39 is 5.97 Å². The number of para-hydroxylation sites is 1. The third-order valence-corrected chi connectivity index (χ3v) is 5.44. The van der Waals surface area contributed by atoms with Crippen molar-refractivity contribution in [1.29, 1.82) is 5.26 Å². The Bertz CT molecular complexity index is 1250. The van der Waals surface area contributed by atoms with Crippen LogP contribution >= 0.6 is 0 Å². The number of carbonyl (C=O) groups excluding carboxylic acids is 1. The molecule has 4 rings (SSSR count). The van der Waals surface area contributed by atoms with E-state index >= 15 is 0 Å². The van der Waals surface area contributed by atoms with E-state index in [1.807, 2.05) is 48.5 Å². The van der Waals surface area contributed by atoms with Crippen molar-refractivity contribution in [2.45, 2.75) is 12.8 Å². The average molecular weight is 430 g/mol. The molecular weight excluding hydrogens is 408 g/mol. The zero-order valence-corrected chi connectivity index (χ0v) is 18.1. The summed E-state index contributed by atoms with van der Waals surface area (Å²) in [5.41, 5.74) is 4.65. The molecule has 0 bridgehead atoms. The number of esters is 1. The van der Waals surface area contributed by atoms with Gasteiger partial charge in [-0.15, -0.1) is 0 Å². The van der Waals surface area contributed by atoms with Crippen LogP contribution < -0.4 is 14.2 Å². The number of hydrogen-bond acceptors (Lipinski definition) is 7. The lowest BCUT2D eigenvalue weighted by Gasteiger charge is -2.13. The van der Waals surface area contributed by atoms with Gasteiger partial charge in [-0.3, -0.25) is 0 Å². The van der Waals surface area contributed by atoms with Gasteiger partial charge in [0.25, 0.3) is 0 Å². The molecule has 1 aliphatic carbocycles. The highest BCUT2D eigenvalue weighted by molar-refractivity contribution is 6.07. The van der Waals surface area contributed by atoms with Crippen molar-refractivity contribution >= 4 is 28.5 Å². The van der Waals surface area contributed by atoms with Gasteiger partial charge < -0.3 is 18.9 Å². The highest BCUT2D eigenvalue weighted by Gasteiger charge is 2.27. The summed E-state index contributed by atoms with van der Waals surface area (Å²) in [7, 11) is 4.71. The molecule has 0 N–H and O–H groups in total. The summed E-state index contributed by atoms with van der Waals surface area (Å²) in [4.78, 5) is 17.7. The van der Waals surface area contributed by atoms with Gasteiger partial charge in [-0.2, -0.15) is 5.26 Å². The zero-order chi connectivity index (χ0) is 22.7. The quantitative estimate of drug-likeness (QED) is 0.534. The van der Waals surface area contributed by atoms with Gasteiger partial charge in [-0.1, -0.05) is 18.2 Å². The minimum atomic E-state index is -0.504. The Balaban J connectivity index is 1.86. The Hall–Kier alpha value is -4.05. The van der Waals surface area contributed by atoms with E-state index in [0.29, 0.717) is 41.2 Å². The molecule has 0 atom stereocenters. The van der Waals surface area contributed by atoms with Crippen molar-refractivity contribution in [3.05, 3.63) is 58.8 Å². The molecule has 3 aromatic rings. The number of hydrogen-bond donors (Lipinski definition) is 0. The lowest BCUT2D eigenvalue weighted by Crippen LogP contribution is -2.10. The van der Waals surface area contributed by atoms with Crippen LogP contribution in [0.3, 0.4) is 0 Å². The third kappa shape index (κ3) is 3.71. The highest BCUT2D eigenvalue weighted by atomic mass is 16.5. The van der Waals surface area contributed by atoms with E-state index in [9.17, 15) is 4.79 Å². The first-order valence-corrected chi connectivity index (χ1v) is 10.1. The summed E-state index contributed by atoms with van der Waals surface area (Å²) in [5.74, 6) is 1.14. The number of aromatic nitrogens is 1. The average Bonchev–Trinajstić information content (AvgIpc) is 3.21. The second-order valence-corrected chi connectivity index (χ2v) is 7.19. The van der Waals surface area contributed by atoms with Crippen molar-refractivity contribution < 1.29 is 23.7 Å². The Labute approximate surface area is 185 Å². The molecule has 2 aromatic carbocycles. The first-order valence-electron chi connectivity index (χ1n) is 10.1. The minimum absolute atomic E-state index is 0.293. The van der Waals surface area contributed by atoms with E-state index in [0.717, 1.165) is 27.8 Å². The van der Waals surface area contributed by atoms with Gasteiger partial charge in [0.1, 0.15) is 6.07 Å². The maximum Gasteiger partial charge on any atom is 0.340 e. The summed E-state index contributed by atoms with van der Waals surface area (Å²) in [6.07, 6.45) is 3.39. The first-order chi connectivity index (χ1) is 15.6. The van der Waals surface area contributed by atoms with Crippen LogP contribution in [-0.4, -0.2) is 38.9 Å². The number of benzene rings is 2. The van der Waals surface area contributed by atoms with Crippen LogP contribution in [0.2, 0.25) is 0 Å². The maximum absolute atomic E-state index is 12.8. The molecule has 7 heteroatoms. The number of methoxy groups -OCH3 is 3. The Kier molecular flexibility index (Phi) is 5.95. The van der Waals surface area contributed by atoms with Gasteiger partial charge in [-0.25, -0.2) is 9.78 Å². The van der Waals surface area contributed by atoms with Gasteiger partial charge in [0.2, 0.25) is 5.75 Å². The van der Waals surface area contributed by atoms with Crippen LogP contribution in [-0.2, 0) is 11.2 Å². The van der Waals surface area contributed by atoms with Crippen molar-refractivity contribution in [3.63, 3.8) is 0 Å². The molecule has 0 spiro atoms.